The predicted molar refractivity (Wildman–Crippen MR) is 166 cm³/mol. The Morgan fingerprint density at radius 1 is 1.00 bits per heavy atom. The van der Waals surface area contributed by atoms with Crippen LogP contribution in [-0.2, 0) is 16.1 Å². The first-order chi connectivity index (χ1) is 18.9. The summed E-state index contributed by atoms with van der Waals surface area (Å²) in [5, 5.41) is 12.4. The number of carbonyl (C=O) groups excluding carboxylic acids is 1. The third-order valence-electron chi connectivity index (χ3n) is 6.71. The molecule has 6 nitrogen and oxygen atoms in total. The topological polar surface area (TPSA) is 84.9 Å². The molecule has 0 saturated heterocycles. The molecule has 1 amide bonds. The van der Waals surface area contributed by atoms with Crippen LogP contribution in [0, 0.1) is 6.92 Å². The average molecular weight is 558 g/mol. The van der Waals surface area contributed by atoms with Gasteiger partial charge in [-0.1, -0.05) is 62.2 Å². The minimum absolute atomic E-state index is 0. The van der Waals surface area contributed by atoms with E-state index in [2.05, 4.69) is 18.3 Å². The first-order valence-electron chi connectivity index (χ1n) is 13.3. The number of aryl methyl sites for hydroxylation is 1. The van der Waals surface area contributed by atoms with Gasteiger partial charge in [-0.15, -0.1) is 0 Å². The molecule has 0 aliphatic heterocycles. The van der Waals surface area contributed by atoms with Crippen molar-refractivity contribution in [1.29, 1.82) is 0 Å². The van der Waals surface area contributed by atoms with E-state index >= 15 is 0 Å². The Kier molecular flexibility index (Phi) is 14.4. The molecular weight excluding hydrogens is 517 g/mol. The molecule has 2 atom stereocenters. The molecule has 0 heterocycles. The Bertz CT molecular complexity index is 1250. The number of carbonyl (C=O) groups is 2. The van der Waals surface area contributed by atoms with E-state index in [1.165, 1.54) is 0 Å². The SMILES string of the molecule is CCCCC(OCc1ccc(C(=O)NC(CCSC)C(=O)O)c(-c2ccccc2C)c1)c1cccc(OC)c1.[LiH]. The molecule has 210 valence electrons. The van der Waals surface area contributed by atoms with Crippen LogP contribution < -0.4 is 10.1 Å². The second-order valence-electron chi connectivity index (χ2n) is 9.56. The first-order valence-corrected chi connectivity index (χ1v) is 14.7. The number of unbranched alkanes of at least 4 members (excludes halogenated alkanes) is 1. The van der Waals surface area contributed by atoms with Crippen molar-refractivity contribution in [3.8, 4) is 16.9 Å². The van der Waals surface area contributed by atoms with E-state index in [9.17, 15) is 14.7 Å². The van der Waals surface area contributed by atoms with Gasteiger partial charge in [-0.3, -0.25) is 4.79 Å². The van der Waals surface area contributed by atoms with E-state index in [4.69, 9.17) is 9.47 Å². The van der Waals surface area contributed by atoms with Crippen molar-refractivity contribution in [2.75, 3.05) is 19.1 Å². The second kappa shape index (κ2) is 17.2. The van der Waals surface area contributed by atoms with Crippen molar-refractivity contribution < 1.29 is 24.2 Å². The van der Waals surface area contributed by atoms with Crippen LogP contribution in [0.3, 0.4) is 0 Å². The summed E-state index contributed by atoms with van der Waals surface area (Å²) in [5.41, 5.74) is 5.16. The number of ether oxygens (including phenoxy) is 2. The molecule has 3 aromatic carbocycles. The van der Waals surface area contributed by atoms with Crippen molar-refractivity contribution in [2.24, 2.45) is 0 Å². The van der Waals surface area contributed by atoms with Gasteiger partial charge in [0, 0.05) is 5.56 Å². The molecule has 3 rings (SSSR count). The number of hydrogen-bond donors (Lipinski definition) is 2. The van der Waals surface area contributed by atoms with Crippen LogP contribution in [0.25, 0.3) is 11.1 Å². The van der Waals surface area contributed by atoms with Gasteiger partial charge in [0.15, 0.2) is 0 Å². The fraction of sp³-hybridized carbons (Fsp3) is 0.375. The first kappa shape index (κ1) is 33.5. The fourth-order valence-corrected chi connectivity index (χ4v) is 4.95. The maximum absolute atomic E-state index is 13.3. The van der Waals surface area contributed by atoms with E-state index in [0.29, 0.717) is 24.3 Å². The van der Waals surface area contributed by atoms with Crippen LogP contribution in [0.5, 0.6) is 5.75 Å². The van der Waals surface area contributed by atoms with Crippen molar-refractivity contribution in [2.45, 2.75) is 58.3 Å². The van der Waals surface area contributed by atoms with Gasteiger partial charge in [-0.05, 0) is 83.9 Å². The van der Waals surface area contributed by atoms with E-state index in [0.717, 1.165) is 52.8 Å². The molecule has 0 aromatic heterocycles. The number of nitrogens with one attached hydrogen (secondary N) is 1. The standard InChI is InChI=1S/C32H39NO5S.Li.H/c1-5-6-14-30(24-11-9-12-25(20-24)37-3)38-21-23-15-16-27(28(19-23)26-13-8-7-10-22(26)2)31(34)33-29(32(35)36)17-18-39-4;;/h7-13,15-16,19-20,29-30H,5-6,14,17-18,21H2,1-4H3,(H,33,34)(H,35,36);;. The summed E-state index contributed by atoms with van der Waals surface area (Å²) in [6, 6.07) is 20.6. The molecule has 2 N–H and O–H groups in total. The number of rotatable bonds is 15. The van der Waals surface area contributed by atoms with Crippen molar-refractivity contribution in [1.82, 2.24) is 5.32 Å². The molecule has 0 aliphatic rings. The van der Waals surface area contributed by atoms with Gasteiger partial charge < -0.3 is 19.9 Å². The second-order valence-corrected chi connectivity index (χ2v) is 10.5. The van der Waals surface area contributed by atoms with Crippen LogP contribution >= 0.6 is 11.8 Å². The van der Waals surface area contributed by atoms with E-state index < -0.39 is 17.9 Å². The van der Waals surface area contributed by atoms with Crippen LogP contribution in [0.4, 0.5) is 0 Å². The fourth-order valence-electron chi connectivity index (χ4n) is 4.48. The van der Waals surface area contributed by atoms with Gasteiger partial charge in [-0.25, -0.2) is 4.79 Å². The predicted octanol–water partition coefficient (Wildman–Crippen LogP) is 6.41. The summed E-state index contributed by atoms with van der Waals surface area (Å²) < 4.78 is 11.9. The summed E-state index contributed by atoms with van der Waals surface area (Å²) in [7, 11) is 1.66. The number of aliphatic carboxylic acids is 1. The maximum atomic E-state index is 13.3. The van der Waals surface area contributed by atoms with Crippen LogP contribution in [0.2, 0.25) is 0 Å². The van der Waals surface area contributed by atoms with Crippen LogP contribution in [0.15, 0.2) is 66.7 Å². The molecular formula is C32H40LiNO5S. The molecule has 0 bridgehead atoms. The number of thioether (sulfide) groups is 1. The minimum atomic E-state index is -1.03. The van der Waals surface area contributed by atoms with Gasteiger partial charge in [0.05, 0.1) is 19.8 Å². The Labute approximate surface area is 254 Å². The summed E-state index contributed by atoms with van der Waals surface area (Å²) in [5.74, 6) is 0.0129. The third-order valence-corrected chi connectivity index (χ3v) is 7.36. The zero-order chi connectivity index (χ0) is 28.2. The molecule has 8 heteroatoms. The molecule has 0 radical (unpaired) electrons. The molecule has 0 saturated carbocycles. The van der Waals surface area contributed by atoms with Crippen molar-refractivity contribution >= 4 is 42.5 Å². The molecule has 2 unspecified atom stereocenters. The molecule has 40 heavy (non-hydrogen) atoms. The van der Waals surface area contributed by atoms with Crippen molar-refractivity contribution in [3.63, 3.8) is 0 Å². The number of carboxylic acids is 1. The summed E-state index contributed by atoms with van der Waals surface area (Å²) >= 11 is 1.55. The normalized spacial score (nSPS) is 12.2. The molecule has 0 aliphatic carbocycles. The number of carboxylic acid groups (broad SMARTS) is 1. The van der Waals surface area contributed by atoms with Crippen LogP contribution in [0.1, 0.15) is 65.8 Å². The summed E-state index contributed by atoms with van der Waals surface area (Å²) in [4.78, 5) is 25.1. The molecule has 0 fully saturated rings. The molecule has 3 aromatic rings. The monoisotopic (exact) mass is 557 g/mol. The van der Waals surface area contributed by atoms with E-state index in [1.54, 1.807) is 24.9 Å². The number of benzene rings is 3. The Morgan fingerprint density at radius 3 is 2.45 bits per heavy atom. The van der Waals surface area contributed by atoms with E-state index in [1.807, 2.05) is 67.8 Å². The zero-order valence-corrected chi connectivity index (χ0v) is 24.1. The Balaban J connectivity index is 0.00000560. The quantitative estimate of drug-likeness (QED) is 0.210. The van der Waals surface area contributed by atoms with Crippen molar-refractivity contribution in [3.05, 3.63) is 89.0 Å². The zero-order valence-electron chi connectivity index (χ0n) is 23.2. The van der Waals surface area contributed by atoms with Gasteiger partial charge in [0.2, 0.25) is 0 Å². The summed E-state index contributed by atoms with van der Waals surface area (Å²) in [6.45, 7) is 4.54. The van der Waals surface area contributed by atoms with Gasteiger partial charge in [0.25, 0.3) is 5.91 Å². The van der Waals surface area contributed by atoms with Gasteiger partial charge in [-0.2, -0.15) is 11.8 Å². The summed E-state index contributed by atoms with van der Waals surface area (Å²) in [6.07, 6.45) is 5.19. The van der Waals surface area contributed by atoms with Gasteiger partial charge in [0.1, 0.15) is 11.8 Å². The average Bonchev–Trinajstić information content (AvgIpc) is 2.95. The number of amides is 1. The Morgan fingerprint density at radius 2 is 1.77 bits per heavy atom. The number of methoxy groups -OCH3 is 1. The van der Waals surface area contributed by atoms with E-state index in [-0.39, 0.29) is 25.0 Å². The van der Waals surface area contributed by atoms with Gasteiger partial charge >= 0.3 is 24.8 Å². The number of hydrogen-bond acceptors (Lipinski definition) is 5. The van der Waals surface area contributed by atoms with Crippen LogP contribution in [-0.4, -0.2) is 61.0 Å². The third kappa shape index (κ3) is 9.45. The Hall–Kier alpha value is -2.69. The molecule has 0 spiro atoms.